The van der Waals surface area contributed by atoms with Crippen LogP contribution in [-0.2, 0) is 10.0 Å². The minimum Gasteiger partial charge on any atom is -0.315 e. The van der Waals surface area contributed by atoms with Gasteiger partial charge in [-0.2, -0.15) is 4.31 Å². The van der Waals surface area contributed by atoms with Gasteiger partial charge in [0.1, 0.15) is 0 Å². The zero-order chi connectivity index (χ0) is 13.3. The topological polar surface area (TPSA) is 49.4 Å². The van der Waals surface area contributed by atoms with Crippen LogP contribution < -0.4 is 5.32 Å². The summed E-state index contributed by atoms with van der Waals surface area (Å²) >= 11 is 11.7. The average Bonchev–Trinajstić information content (AvgIpc) is 2.79. The Balaban J connectivity index is 2.34. The molecule has 1 aromatic carbocycles. The first kappa shape index (κ1) is 14.1. The van der Waals surface area contributed by atoms with Crippen LogP contribution in [0, 0.1) is 0 Å². The molecule has 1 saturated heterocycles. The van der Waals surface area contributed by atoms with Gasteiger partial charge in [0.15, 0.2) is 0 Å². The van der Waals surface area contributed by atoms with Gasteiger partial charge in [0.25, 0.3) is 0 Å². The molecular weight excluding hydrogens is 295 g/mol. The van der Waals surface area contributed by atoms with Crippen molar-refractivity contribution in [3.05, 3.63) is 28.2 Å². The van der Waals surface area contributed by atoms with Crippen molar-refractivity contribution in [2.45, 2.75) is 17.4 Å². The highest BCUT2D eigenvalue weighted by Crippen LogP contribution is 2.25. The molecule has 1 aliphatic heterocycles. The Morgan fingerprint density at radius 1 is 1.28 bits per heavy atom. The second-order valence-electron chi connectivity index (χ2n) is 4.27. The number of halogens is 2. The van der Waals surface area contributed by atoms with E-state index in [1.807, 2.05) is 0 Å². The summed E-state index contributed by atoms with van der Waals surface area (Å²) < 4.78 is 26.2. The second kappa shape index (κ2) is 5.35. The lowest BCUT2D eigenvalue weighted by molar-refractivity contribution is 0.388. The summed E-state index contributed by atoms with van der Waals surface area (Å²) in [6, 6.07) is 4.33. The molecule has 1 heterocycles. The minimum atomic E-state index is -3.54. The van der Waals surface area contributed by atoms with Crippen LogP contribution in [0.25, 0.3) is 0 Å². The Morgan fingerprint density at radius 3 is 2.39 bits per heavy atom. The van der Waals surface area contributed by atoms with Crippen molar-refractivity contribution in [1.29, 1.82) is 0 Å². The van der Waals surface area contributed by atoms with Crippen molar-refractivity contribution in [2.75, 3.05) is 20.1 Å². The molecule has 0 aliphatic carbocycles. The Labute approximate surface area is 117 Å². The number of hydrogen-bond donors (Lipinski definition) is 1. The van der Waals surface area contributed by atoms with Crippen LogP contribution in [0.5, 0.6) is 0 Å². The molecule has 1 aromatic rings. The summed E-state index contributed by atoms with van der Waals surface area (Å²) in [5.41, 5.74) is 0. The second-order valence-corrected chi connectivity index (χ2v) is 7.14. The Morgan fingerprint density at radius 2 is 1.89 bits per heavy atom. The summed E-state index contributed by atoms with van der Waals surface area (Å²) in [6.45, 7) is 1.50. The monoisotopic (exact) mass is 308 g/mol. The van der Waals surface area contributed by atoms with Crippen molar-refractivity contribution in [3.8, 4) is 0 Å². The summed E-state index contributed by atoms with van der Waals surface area (Å²) in [5, 5.41) is 3.78. The third kappa shape index (κ3) is 2.81. The third-order valence-electron chi connectivity index (χ3n) is 3.06. The van der Waals surface area contributed by atoms with Gasteiger partial charge in [-0.25, -0.2) is 8.42 Å². The lowest BCUT2D eigenvalue weighted by atomic mass is 10.3. The highest BCUT2D eigenvalue weighted by molar-refractivity contribution is 7.89. The van der Waals surface area contributed by atoms with Gasteiger partial charge in [-0.05, 0) is 31.2 Å². The maximum absolute atomic E-state index is 12.4. The Hall–Kier alpha value is -0.330. The van der Waals surface area contributed by atoms with Crippen molar-refractivity contribution in [3.63, 3.8) is 0 Å². The molecule has 7 heteroatoms. The van der Waals surface area contributed by atoms with Gasteiger partial charge in [0.05, 0.1) is 4.90 Å². The zero-order valence-electron chi connectivity index (χ0n) is 9.86. The first-order chi connectivity index (χ1) is 8.41. The molecule has 0 bridgehead atoms. The molecule has 0 aromatic heterocycles. The van der Waals surface area contributed by atoms with E-state index < -0.39 is 10.0 Å². The molecule has 2 rings (SSSR count). The van der Waals surface area contributed by atoms with E-state index in [0.717, 1.165) is 13.0 Å². The molecule has 1 aliphatic rings. The van der Waals surface area contributed by atoms with Crippen molar-refractivity contribution in [1.82, 2.24) is 9.62 Å². The van der Waals surface area contributed by atoms with Crippen LogP contribution in [0.15, 0.2) is 23.1 Å². The summed E-state index contributed by atoms with van der Waals surface area (Å²) in [7, 11) is -1.96. The fraction of sp³-hybridized carbons (Fsp3) is 0.455. The predicted molar refractivity (Wildman–Crippen MR) is 72.7 cm³/mol. The van der Waals surface area contributed by atoms with Crippen molar-refractivity contribution < 1.29 is 8.42 Å². The molecule has 1 unspecified atom stereocenters. The van der Waals surface area contributed by atoms with Gasteiger partial charge in [-0.1, -0.05) is 23.2 Å². The molecule has 18 heavy (non-hydrogen) atoms. The molecule has 4 nitrogen and oxygen atoms in total. The van der Waals surface area contributed by atoms with Gasteiger partial charge >= 0.3 is 0 Å². The van der Waals surface area contributed by atoms with E-state index in [1.165, 1.54) is 22.5 Å². The van der Waals surface area contributed by atoms with Crippen LogP contribution in [0.2, 0.25) is 10.0 Å². The Bertz CT molecular complexity index is 522. The molecule has 100 valence electrons. The van der Waals surface area contributed by atoms with Crippen LogP contribution in [0.4, 0.5) is 0 Å². The number of benzene rings is 1. The number of sulfonamides is 1. The Kier molecular flexibility index (Phi) is 4.18. The van der Waals surface area contributed by atoms with Crippen molar-refractivity contribution >= 4 is 33.2 Å². The predicted octanol–water partition coefficient (Wildman–Crippen LogP) is 1.98. The van der Waals surface area contributed by atoms with Crippen LogP contribution >= 0.6 is 23.2 Å². The first-order valence-corrected chi connectivity index (χ1v) is 7.76. The summed E-state index contributed by atoms with van der Waals surface area (Å²) in [5.74, 6) is 0. The summed E-state index contributed by atoms with van der Waals surface area (Å²) in [4.78, 5) is 0.134. The van der Waals surface area contributed by atoms with Gasteiger partial charge in [0, 0.05) is 29.7 Å². The zero-order valence-corrected chi connectivity index (χ0v) is 12.2. The van der Waals surface area contributed by atoms with Gasteiger partial charge in [-0.15, -0.1) is 0 Å². The molecule has 0 amide bonds. The quantitative estimate of drug-likeness (QED) is 0.929. The molecule has 0 spiro atoms. The van der Waals surface area contributed by atoms with Crippen LogP contribution in [0.3, 0.4) is 0 Å². The molecular formula is C11H14Cl2N2O2S. The molecule has 0 radical (unpaired) electrons. The highest BCUT2D eigenvalue weighted by atomic mass is 35.5. The molecule has 1 N–H and O–H groups in total. The fourth-order valence-corrected chi connectivity index (χ4v) is 4.10. The van der Waals surface area contributed by atoms with Crippen molar-refractivity contribution in [2.24, 2.45) is 0 Å². The lowest BCUT2D eigenvalue weighted by Gasteiger charge is -2.23. The average molecular weight is 309 g/mol. The van der Waals surface area contributed by atoms with E-state index in [1.54, 1.807) is 7.05 Å². The van der Waals surface area contributed by atoms with E-state index in [9.17, 15) is 8.42 Å². The standard InChI is InChI=1S/C11H14Cl2N2O2S/c1-15(10-2-3-14-7-10)18(16,17)11-5-8(12)4-9(13)6-11/h4-6,10,14H,2-3,7H2,1H3. The largest absolute Gasteiger partial charge is 0.315 e. The van der Waals surface area contributed by atoms with E-state index in [-0.39, 0.29) is 10.9 Å². The van der Waals surface area contributed by atoms with Gasteiger partial charge < -0.3 is 5.32 Å². The van der Waals surface area contributed by atoms with E-state index in [2.05, 4.69) is 5.32 Å². The van der Waals surface area contributed by atoms with E-state index >= 15 is 0 Å². The number of nitrogens with one attached hydrogen (secondary N) is 1. The van der Waals surface area contributed by atoms with Gasteiger partial charge in [-0.3, -0.25) is 0 Å². The maximum atomic E-state index is 12.4. The molecule has 0 saturated carbocycles. The lowest BCUT2D eigenvalue weighted by Crippen LogP contribution is -2.38. The molecule has 1 fully saturated rings. The molecule has 1 atom stereocenters. The number of nitrogens with zero attached hydrogens (tertiary/aromatic N) is 1. The SMILES string of the molecule is CN(C1CCNC1)S(=O)(=O)c1cc(Cl)cc(Cl)c1. The smallest absolute Gasteiger partial charge is 0.243 e. The maximum Gasteiger partial charge on any atom is 0.243 e. The highest BCUT2D eigenvalue weighted by Gasteiger charge is 2.30. The minimum absolute atomic E-state index is 0.0206. The number of hydrogen-bond acceptors (Lipinski definition) is 3. The normalized spacial score (nSPS) is 20.6. The fourth-order valence-electron chi connectivity index (χ4n) is 1.99. The van der Waals surface area contributed by atoms with Crippen LogP contribution in [-0.4, -0.2) is 38.9 Å². The van der Waals surface area contributed by atoms with E-state index in [0.29, 0.717) is 16.6 Å². The number of likely N-dealkylation sites (N-methyl/N-ethyl adjacent to an activating group) is 1. The number of rotatable bonds is 3. The third-order valence-corrected chi connectivity index (χ3v) is 5.39. The first-order valence-electron chi connectivity index (χ1n) is 5.56. The van der Waals surface area contributed by atoms with E-state index in [4.69, 9.17) is 23.2 Å². The van der Waals surface area contributed by atoms with Crippen LogP contribution in [0.1, 0.15) is 6.42 Å². The van der Waals surface area contributed by atoms with Gasteiger partial charge in [0.2, 0.25) is 10.0 Å². The summed E-state index contributed by atoms with van der Waals surface area (Å²) in [6.07, 6.45) is 0.810.